The van der Waals surface area contributed by atoms with E-state index in [-0.39, 0.29) is 18.3 Å². The van der Waals surface area contributed by atoms with E-state index in [2.05, 4.69) is 5.32 Å². The van der Waals surface area contributed by atoms with E-state index in [1.165, 1.54) is 0 Å². The van der Waals surface area contributed by atoms with Crippen LogP contribution in [0.1, 0.15) is 36.3 Å². The first kappa shape index (κ1) is 14.5. The highest BCUT2D eigenvalue weighted by Crippen LogP contribution is 2.47. The van der Waals surface area contributed by atoms with Crippen molar-refractivity contribution in [1.29, 1.82) is 0 Å². The molecule has 0 amide bonds. The summed E-state index contributed by atoms with van der Waals surface area (Å²) in [5, 5.41) is 3.26. The van der Waals surface area contributed by atoms with E-state index in [9.17, 15) is 13.2 Å². The van der Waals surface area contributed by atoms with E-state index < -0.39 is 11.7 Å². The maximum atomic E-state index is 13.1. The third-order valence-electron chi connectivity index (χ3n) is 4.01. The first-order valence-corrected chi connectivity index (χ1v) is 7.28. The summed E-state index contributed by atoms with van der Waals surface area (Å²) >= 11 is 0. The van der Waals surface area contributed by atoms with Crippen LogP contribution in [0.4, 0.5) is 13.2 Å². The molecule has 0 radical (unpaired) electrons. The molecule has 2 aliphatic heterocycles. The van der Waals surface area contributed by atoms with Gasteiger partial charge in [-0.3, -0.25) is 0 Å². The van der Waals surface area contributed by atoms with Gasteiger partial charge in [0.1, 0.15) is 5.56 Å². The van der Waals surface area contributed by atoms with Crippen molar-refractivity contribution in [2.45, 2.75) is 31.4 Å². The largest absolute Gasteiger partial charge is 0.489 e. The highest BCUT2D eigenvalue weighted by atomic mass is 19.4. The fraction of sp³-hybridized carbons (Fsp3) is 0.600. The van der Waals surface area contributed by atoms with Gasteiger partial charge in [0, 0.05) is 12.0 Å². The Kier molecular flexibility index (Phi) is 3.97. The van der Waals surface area contributed by atoms with Gasteiger partial charge in [0.05, 0.1) is 13.2 Å². The third-order valence-corrected chi connectivity index (χ3v) is 4.01. The number of halogens is 3. The molecule has 0 aliphatic carbocycles. The molecule has 1 saturated heterocycles. The van der Waals surface area contributed by atoms with Crippen LogP contribution in [0, 0.1) is 0 Å². The molecule has 0 unspecified atom stereocenters. The van der Waals surface area contributed by atoms with Gasteiger partial charge in [-0.2, -0.15) is 13.2 Å². The molecule has 2 aliphatic rings. The van der Waals surface area contributed by atoms with Crippen molar-refractivity contribution in [2.75, 3.05) is 26.3 Å². The van der Waals surface area contributed by atoms with Crippen molar-refractivity contribution in [2.24, 2.45) is 0 Å². The van der Waals surface area contributed by atoms with Gasteiger partial charge < -0.3 is 14.8 Å². The Hall–Kier alpha value is -1.43. The summed E-state index contributed by atoms with van der Waals surface area (Å²) in [6.07, 6.45) is -2.02. The van der Waals surface area contributed by atoms with E-state index in [1.807, 2.05) is 0 Å². The lowest BCUT2D eigenvalue weighted by Crippen LogP contribution is -2.27. The molecule has 0 aromatic heterocycles. The first-order valence-electron chi connectivity index (χ1n) is 7.28. The summed E-state index contributed by atoms with van der Waals surface area (Å²) in [7, 11) is 0. The zero-order valence-corrected chi connectivity index (χ0v) is 11.6. The molecule has 2 heterocycles. The lowest BCUT2D eigenvalue weighted by Gasteiger charge is -2.26. The van der Waals surface area contributed by atoms with Gasteiger partial charge in [-0.05, 0) is 37.9 Å². The normalized spacial score (nSPS) is 20.1. The van der Waals surface area contributed by atoms with Gasteiger partial charge >= 0.3 is 6.18 Å². The monoisotopic (exact) mass is 301 g/mol. The van der Waals surface area contributed by atoms with Crippen LogP contribution in [0.25, 0.3) is 0 Å². The highest BCUT2D eigenvalue weighted by molar-refractivity contribution is 5.54. The number of fused-ring (bicyclic) bond motifs is 1. The lowest BCUT2D eigenvalue weighted by molar-refractivity contribution is -0.139. The van der Waals surface area contributed by atoms with Crippen molar-refractivity contribution in [1.82, 2.24) is 5.32 Å². The zero-order valence-electron chi connectivity index (χ0n) is 11.6. The average Bonchev–Trinajstić information content (AvgIpc) is 2.71. The Morgan fingerprint density at radius 1 is 1.00 bits per heavy atom. The molecule has 3 rings (SSSR count). The summed E-state index contributed by atoms with van der Waals surface area (Å²) in [5.74, 6) is 0.397. The van der Waals surface area contributed by atoms with Crippen LogP contribution in [-0.2, 0) is 6.18 Å². The SMILES string of the molecule is FC(F)(F)c1ccc(C2CCNCC2)c2c1OCCCO2. The molecule has 0 saturated carbocycles. The molecular weight excluding hydrogens is 283 g/mol. The van der Waals surface area contributed by atoms with Gasteiger partial charge in [-0.1, -0.05) is 6.07 Å². The maximum absolute atomic E-state index is 13.1. The summed E-state index contributed by atoms with van der Waals surface area (Å²) in [5.41, 5.74) is 0.110. The Morgan fingerprint density at radius 3 is 2.33 bits per heavy atom. The second-order valence-corrected chi connectivity index (χ2v) is 5.43. The molecule has 1 aromatic carbocycles. The fourth-order valence-corrected chi connectivity index (χ4v) is 2.96. The fourth-order valence-electron chi connectivity index (χ4n) is 2.96. The van der Waals surface area contributed by atoms with Crippen LogP contribution in [0.3, 0.4) is 0 Å². The van der Waals surface area contributed by atoms with Gasteiger partial charge in [0.15, 0.2) is 11.5 Å². The summed E-state index contributed by atoms with van der Waals surface area (Å²) in [6.45, 7) is 2.40. The molecule has 3 nitrogen and oxygen atoms in total. The van der Waals surface area contributed by atoms with E-state index in [4.69, 9.17) is 9.47 Å². The molecule has 1 aromatic rings. The van der Waals surface area contributed by atoms with Crippen LogP contribution in [0.5, 0.6) is 11.5 Å². The zero-order chi connectivity index (χ0) is 14.9. The number of rotatable bonds is 1. The topological polar surface area (TPSA) is 30.5 Å². The molecule has 0 spiro atoms. The van der Waals surface area contributed by atoms with Crippen LogP contribution in [-0.4, -0.2) is 26.3 Å². The number of piperidine rings is 1. The van der Waals surface area contributed by atoms with Gasteiger partial charge in [0.25, 0.3) is 0 Å². The Labute approximate surface area is 121 Å². The smallest absolute Gasteiger partial charge is 0.420 e. The third kappa shape index (κ3) is 2.95. The summed E-state index contributed by atoms with van der Waals surface area (Å²) in [4.78, 5) is 0. The standard InChI is InChI=1S/C15H18F3NO2/c16-15(17,18)12-3-2-11(10-4-6-19-7-5-10)13-14(12)21-9-1-8-20-13/h2-3,10,19H,1,4-9H2. The molecule has 1 N–H and O–H groups in total. The minimum atomic E-state index is -4.43. The van der Waals surface area contributed by atoms with E-state index in [0.717, 1.165) is 37.6 Å². The van der Waals surface area contributed by atoms with Crippen LogP contribution < -0.4 is 14.8 Å². The van der Waals surface area contributed by atoms with Crippen molar-refractivity contribution in [3.63, 3.8) is 0 Å². The minimum Gasteiger partial charge on any atom is -0.489 e. The second-order valence-electron chi connectivity index (χ2n) is 5.43. The Morgan fingerprint density at radius 2 is 1.67 bits per heavy atom. The number of hydrogen-bond acceptors (Lipinski definition) is 3. The molecular formula is C15H18F3NO2. The molecule has 0 bridgehead atoms. The van der Waals surface area contributed by atoms with Gasteiger partial charge in [0.2, 0.25) is 0 Å². The second kappa shape index (κ2) is 5.75. The number of nitrogens with one attached hydrogen (secondary N) is 1. The summed E-state index contributed by atoms with van der Waals surface area (Å²) < 4.78 is 50.4. The van der Waals surface area contributed by atoms with Crippen LogP contribution >= 0.6 is 0 Å². The molecule has 21 heavy (non-hydrogen) atoms. The lowest BCUT2D eigenvalue weighted by atomic mass is 9.88. The molecule has 116 valence electrons. The summed E-state index contributed by atoms with van der Waals surface area (Å²) in [6, 6.07) is 2.69. The predicted octanol–water partition coefficient (Wildman–Crippen LogP) is 3.33. The van der Waals surface area contributed by atoms with Crippen LogP contribution in [0.2, 0.25) is 0 Å². The van der Waals surface area contributed by atoms with Crippen molar-refractivity contribution in [3.05, 3.63) is 23.3 Å². The molecule has 1 fully saturated rings. The van der Waals surface area contributed by atoms with Crippen molar-refractivity contribution >= 4 is 0 Å². The Bertz CT molecular complexity index is 510. The predicted molar refractivity (Wildman–Crippen MR) is 71.9 cm³/mol. The molecule has 6 heteroatoms. The van der Waals surface area contributed by atoms with E-state index in [1.54, 1.807) is 6.07 Å². The van der Waals surface area contributed by atoms with E-state index >= 15 is 0 Å². The quantitative estimate of drug-likeness (QED) is 0.863. The maximum Gasteiger partial charge on any atom is 0.420 e. The number of ether oxygens (including phenoxy) is 2. The minimum absolute atomic E-state index is 0.129. The average molecular weight is 301 g/mol. The Balaban J connectivity index is 2.05. The van der Waals surface area contributed by atoms with Crippen molar-refractivity contribution in [3.8, 4) is 11.5 Å². The van der Waals surface area contributed by atoms with Gasteiger partial charge in [-0.15, -0.1) is 0 Å². The highest BCUT2D eigenvalue weighted by Gasteiger charge is 2.38. The first-order chi connectivity index (χ1) is 10.1. The van der Waals surface area contributed by atoms with E-state index in [0.29, 0.717) is 18.8 Å². The van der Waals surface area contributed by atoms with Crippen LogP contribution in [0.15, 0.2) is 12.1 Å². The molecule has 0 atom stereocenters. The number of alkyl halides is 3. The van der Waals surface area contributed by atoms with Crippen molar-refractivity contribution < 1.29 is 22.6 Å². The number of hydrogen-bond donors (Lipinski definition) is 1. The number of benzene rings is 1. The van der Waals surface area contributed by atoms with Gasteiger partial charge in [-0.25, -0.2) is 0 Å².